The highest BCUT2D eigenvalue weighted by molar-refractivity contribution is 6.00. The molecule has 0 bridgehead atoms. The first kappa shape index (κ1) is 39.0. The Hall–Kier alpha value is -2.22. The molecule has 5 aliphatic rings. The first-order chi connectivity index (χ1) is 22.9. The predicted octanol–water partition coefficient (Wildman–Crippen LogP) is 7.86. The fourth-order valence-electron chi connectivity index (χ4n) is 12.9. The van der Waals surface area contributed by atoms with Gasteiger partial charge in [0.1, 0.15) is 6.10 Å². The highest BCUT2D eigenvalue weighted by atomic mass is 16.5. The molecule has 0 aromatic carbocycles. The van der Waals surface area contributed by atoms with Gasteiger partial charge in [-0.2, -0.15) is 0 Å². The van der Waals surface area contributed by atoms with E-state index in [0.717, 1.165) is 56.9 Å². The number of hydrogen-bond acceptors (Lipinski definition) is 6. The number of carbonyl (C=O) groups excluding carboxylic acids is 3. The Morgan fingerprint density at radius 1 is 0.900 bits per heavy atom. The quantitative estimate of drug-likeness (QED) is 0.235. The molecular weight excluding hydrogens is 630 g/mol. The van der Waals surface area contributed by atoms with E-state index in [4.69, 9.17) is 4.74 Å². The van der Waals surface area contributed by atoms with E-state index in [9.17, 15) is 29.4 Å². The molecule has 5 rings (SSSR count). The Labute approximate surface area is 301 Å². The summed E-state index contributed by atoms with van der Waals surface area (Å²) < 4.78 is 6.15. The maximum atomic E-state index is 14.0. The Kier molecular flexibility index (Phi) is 9.92. The van der Waals surface area contributed by atoms with Gasteiger partial charge < -0.3 is 19.8 Å². The summed E-state index contributed by atoms with van der Waals surface area (Å²) in [6.45, 7) is 23.4. The van der Waals surface area contributed by atoms with E-state index in [0.29, 0.717) is 18.3 Å². The number of carboxylic acids is 1. The predicted molar refractivity (Wildman–Crippen MR) is 194 cm³/mol. The Morgan fingerprint density at radius 3 is 2.12 bits per heavy atom. The SMILES string of the molecule is CC(C)C(=O)N(C)C[C@H](O)[C@@]12CC[C@]3(C)[C@H](CC[C@@H]4[C@@]5(C)CC[C@@H](OC(=O)CC(C)(C)C(=O)O)C(C)(C)[C@@H]5CC[C@]43C)C1=C(C(C)C)C(=O)C2. The van der Waals surface area contributed by atoms with E-state index in [-0.39, 0.29) is 70.2 Å². The van der Waals surface area contributed by atoms with Crippen LogP contribution in [0, 0.1) is 62.1 Å². The van der Waals surface area contributed by atoms with Crippen molar-refractivity contribution in [1.82, 2.24) is 4.90 Å². The van der Waals surface area contributed by atoms with E-state index in [1.165, 1.54) is 5.57 Å². The number of carboxylic acid groups (broad SMARTS) is 1. The molecule has 0 heterocycles. The molecule has 4 fully saturated rings. The van der Waals surface area contributed by atoms with Crippen LogP contribution < -0.4 is 0 Å². The molecule has 0 aromatic rings. The molecule has 0 radical (unpaired) electrons. The van der Waals surface area contributed by atoms with Crippen LogP contribution in [-0.2, 0) is 23.9 Å². The molecule has 282 valence electrons. The van der Waals surface area contributed by atoms with Crippen LogP contribution in [0.3, 0.4) is 0 Å². The highest BCUT2D eigenvalue weighted by Crippen LogP contribution is 2.77. The molecule has 9 atom stereocenters. The Balaban J connectivity index is 1.46. The number of aliphatic carboxylic acids is 1. The minimum Gasteiger partial charge on any atom is -0.481 e. The van der Waals surface area contributed by atoms with Gasteiger partial charge in [-0.25, -0.2) is 0 Å². The Morgan fingerprint density at radius 2 is 1.54 bits per heavy atom. The third kappa shape index (κ3) is 5.71. The van der Waals surface area contributed by atoms with Gasteiger partial charge in [0.2, 0.25) is 5.91 Å². The smallest absolute Gasteiger partial charge is 0.309 e. The molecular formula is C42H67NO7. The molecule has 0 aliphatic heterocycles. The van der Waals surface area contributed by atoms with E-state index in [2.05, 4.69) is 48.5 Å². The summed E-state index contributed by atoms with van der Waals surface area (Å²) in [7, 11) is 1.78. The summed E-state index contributed by atoms with van der Waals surface area (Å²) in [5.41, 5.74) is 0.112. The summed E-state index contributed by atoms with van der Waals surface area (Å²) in [6, 6.07) is 0. The van der Waals surface area contributed by atoms with E-state index >= 15 is 0 Å². The number of nitrogens with zero attached hydrogens (tertiary/aromatic N) is 1. The molecule has 2 N–H and O–H groups in total. The molecule has 4 saturated carbocycles. The fraction of sp³-hybridized carbons (Fsp3) is 0.857. The third-order valence-electron chi connectivity index (χ3n) is 15.8. The molecule has 0 saturated heterocycles. The number of likely N-dealkylation sites (N-methyl/N-ethyl adjacent to an activating group) is 1. The molecule has 1 amide bonds. The van der Waals surface area contributed by atoms with Crippen LogP contribution in [0.4, 0.5) is 0 Å². The standard InChI is InChI=1S/C42H67NO7/c1-24(2)33-27(44)21-42(30(45)23-43(12)35(47)25(3)4)20-19-40(10)26(34(33)42)13-14-29-39(9)17-16-31(50-32(46)22-37(5,6)36(48)49)38(7,8)28(39)15-18-41(29,40)11/h24-26,28-31,45H,13-23H2,1-12H3,(H,48,49)/t26-,28+,29-,30+,31-,39+,40-,41-,42+/m1/s1. The van der Waals surface area contributed by atoms with Crippen LogP contribution >= 0.6 is 0 Å². The lowest BCUT2D eigenvalue weighted by Gasteiger charge is -2.72. The van der Waals surface area contributed by atoms with Crippen molar-refractivity contribution in [2.75, 3.05) is 13.6 Å². The zero-order valence-corrected chi connectivity index (χ0v) is 33.2. The number of aliphatic hydroxyl groups is 1. The number of amides is 1. The summed E-state index contributed by atoms with van der Waals surface area (Å²) in [4.78, 5) is 53.3. The Bertz CT molecular complexity index is 1440. The summed E-state index contributed by atoms with van der Waals surface area (Å²) in [6.07, 6.45) is 6.67. The van der Waals surface area contributed by atoms with Gasteiger partial charge >= 0.3 is 11.9 Å². The van der Waals surface area contributed by atoms with Crippen LogP contribution in [0.2, 0.25) is 0 Å². The monoisotopic (exact) mass is 697 g/mol. The zero-order chi connectivity index (χ0) is 37.6. The average molecular weight is 698 g/mol. The van der Waals surface area contributed by atoms with Crippen molar-refractivity contribution >= 4 is 23.6 Å². The number of esters is 1. The number of carbonyl (C=O) groups is 4. The topological polar surface area (TPSA) is 121 Å². The lowest BCUT2D eigenvalue weighted by atomic mass is 9.33. The summed E-state index contributed by atoms with van der Waals surface area (Å²) in [5.74, 6) is -0.312. The van der Waals surface area contributed by atoms with Gasteiger partial charge in [0.15, 0.2) is 5.78 Å². The normalized spacial score (nSPS) is 38.6. The van der Waals surface area contributed by atoms with Crippen LogP contribution in [0.1, 0.15) is 140 Å². The number of ketones is 1. The summed E-state index contributed by atoms with van der Waals surface area (Å²) in [5, 5.41) is 21.7. The van der Waals surface area contributed by atoms with E-state index < -0.39 is 28.9 Å². The number of Topliss-reactive ketones (excluding diaryl/α,β-unsaturated/α-hetero) is 1. The van der Waals surface area contributed by atoms with Crippen molar-refractivity contribution in [1.29, 1.82) is 0 Å². The zero-order valence-electron chi connectivity index (χ0n) is 33.2. The first-order valence-corrected chi connectivity index (χ1v) is 19.5. The van der Waals surface area contributed by atoms with Gasteiger partial charge in [0.25, 0.3) is 0 Å². The number of hydrogen-bond donors (Lipinski definition) is 2. The molecule has 5 aliphatic carbocycles. The second-order valence-electron chi connectivity index (χ2n) is 19.9. The average Bonchev–Trinajstić information content (AvgIpc) is 3.31. The lowest BCUT2D eigenvalue weighted by Crippen LogP contribution is -2.66. The number of rotatable bonds is 9. The summed E-state index contributed by atoms with van der Waals surface area (Å²) >= 11 is 0. The van der Waals surface area contributed by atoms with Crippen LogP contribution in [0.15, 0.2) is 11.1 Å². The first-order valence-electron chi connectivity index (χ1n) is 19.5. The van der Waals surface area contributed by atoms with Gasteiger partial charge in [0.05, 0.1) is 17.9 Å². The van der Waals surface area contributed by atoms with Crippen LogP contribution in [0.5, 0.6) is 0 Å². The fourth-order valence-corrected chi connectivity index (χ4v) is 12.9. The molecule has 0 spiro atoms. The number of fused-ring (bicyclic) bond motifs is 7. The van der Waals surface area contributed by atoms with Crippen molar-refractivity contribution in [2.45, 2.75) is 153 Å². The van der Waals surface area contributed by atoms with Gasteiger partial charge in [0, 0.05) is 36.8 Å². The number of aliphatic hydroxyl groups excluding tert-OH is 1. The molecule has 0 unspecified atom stereocenters. The maximum absolute atomic E-state index is 14.0. The highest BCUT2D eigenvalue weighted by Gasteiger charge is 2.71. The van der Waals surface area contributed by atoms with Crippen LogP contribution in [0.25, 0.3) is 0 Å². The third-order valence-corrected chi connectivity index (χ3v) is 15.8. The minimum atomic E-state index is -1.17. The second kappa shape index (κ2) is 12.7. The van der Waals surface area contributed by atoms with Gasteiger partial charge in [-0.3, -0.25) is 19.2 Å². The minimum absolute atomic E-state index is 0.00886. The van der Waals surface area contributed by atoms with Crippen molar-refractivity contribution in [2.24, 2.45) is 62.1 Å². The molecule has 50 heavy (non-hydrogen) atoms. The van der Waals surface area contributed by atoms with Crippen LogP contribution in [-0.4, -0.2) is 64.5 Å². The van der Waals surface area contributed by atoms with Crippen molar-refractivity contribution in [3.05, 3.63) is 11.1 Å². The molecule has 8 heteroatoms. The van der Waals surface area contributed by atoms with Gasteiger partial charge in [-0.15, -0.1) is 0 Å². The van der Waals surface area contributed by atoms with E-state index in [1.807, 2.05) is 13.8 Å². The van der Waals surface area contributed by atoms with Crippen molar-refractivity contribution < 1.29 is 34.1 Å². The largest absolute Gasteiger partial charge is 0.481 e. The lowest BCUT2D eigenvalue weighted by molar-refractivity contribution is -0.235. The number of ether oxygens (including phenoxy) is 1. The number of allylic oxidation sites excluding steroid dienone is 1. The second-order valence-corrected chi connectivity index (χ2v) is 19.9. The van der Waals surface area contributed by atoms with Gasteiger partial charge in [-0.1, -0.05) is 67.9 Å². The van der Waals surface area contributed by atoms with Crippen molar-refractivity contribution in [3.8, 4) is 0 Å². The van der Waals surface area contributed by atoms with Crippen molar-refractivity contribution in [3.63, 3.8) is 0 Å². The van der Waals surface area contributed by atoms with E-state index in [1.54, 1.807) is 25.8 Å². The molecule has 8 nitrogen and oxygen atoms in total. The van der Waals surface area contributed by atoms with Gasteiger partial charge in [-0.05, 0) is 111 Å². The maximum Gasteiger partial charge on any atom is 0.309 e. The molecule has 0 aromatic heterocycles.